The smallest absolute Gasteiger partial charge is 0.123 e. The molecule has 1 rings (SSSR count). The number of hydrogen-bond acceptors (Lipinski definition) is 2. The number of benzene rings is 1. The molecule has 0 aliphatic heterocycles. The molecule has 0 saturated heterocycles. The van der Waals surface area contributed by atoms with E-state index in [2.05, 4.69) is 0 Å². The lowest BCUT2D eigenvalue weighted by Crippen LogP contribution is -2.00. The van der Waals surface area contributed by atoms with Crippen LogP contribution in [-0.4, -0.2) is 9.96 Å². The van der Waals surface area contributed by atoms with Gasteiger partial charge in [-0.2, -0.15) is 0 Å². The predicted molar refractivity (Wildman–Crippen MR) is 46.1 cm³/mol. The van der Waals surface area contributed by atoms with Crippen molar-refractivity contribution in [3.05, 3.63) is 30.1 Å². The third-order valence-electron chi connectivity index (χ3n) is 1.60. The molecule has 1 atom stereocenters. The van der Waals surface area contributed by atoms with Crippen molar-refractivity contribution in [2.75, 3.05) is 5.75 Å². The lowest BCUT2D eigenvalue weighted by atomic mass is 10.4. The molecule has 66 valence electrons. The summed E-state index contributed by atoms with van der Waals surface area (Å²) in [5, 5.41) is 0. The SMILES string of the molecule is CCS(=N)(=O)c1ccc(F)cc1. The van der Waals surface area contributed by atoms with Gasteiger partial charge in [0.1, 0.15) is 5.82 Å². The fourth-order valence-electron chi connectivity index (χ4n) is 0.821. The van der Waals surface area contributed by atoms with Crippen LogP contribution in [0.2, 0.25) is 0 Å². The first-order valence-electron chi connectivity index (χ1n) is 3.58. The Labute approximate surface area is 71.4 Å². The van der Waals surface area contributed by atoms with E-state index in [1.165, 1.54) is 24.3 Å². The van der Waals surface area contributed by atoms with Crippen molar-refractivity contribution in [2.24, 2.45) is 0 Å². The summed E-state index contributed by atoms with van der Waals surface area (Å²) in [6.07, 6.45) is 0. The van der Waals surface area contributed by atoms with Gasteiger partial charge in [-0.3, -0.25) is 0 Å². The minimum atomic E-state index is -2.68. The molecule has 0 spiro atoms. The molecule has 1 N–H and O–H groups in total. The number of nitrogens with one attached hydrogen (secondary N) is 1. The van der Waals surface area contributed by atoms with E-state index < -0.39 is 9.73 Å². The van der Waals surface area contributed by atoms with Gasteiger partial charge < -0.3 is 0 Å². The zero-order valence-corrected chi connectivity index (χ0v) is 7.53. The van der Waals surface area contributed by atoms with Gasteiger partial charge in [0.2, 0.25) is 0 Å². The summed E-state index contributed by atoms with van der Waals surface area (Å²) in [7, 11) is -2.68. The zero-order chi connectivity index (χ0) is 9.19. The Balaban J connectivity index is 3.14. The molecule has 0 aromatic heterocycles. The Morgan fingerprint density at radius 3 is 2.33 bits per heavy atom. The van der Waals surface area contributed by atoms with Gasteiger partial charge in [0.15, 0.2) is 0 Å². The van der Waals surface area contributed by atoms with E-state index in [9.17, 15) is 8.60 Å². The first-order valence-corrected chi connectivity index (χ1v) is 5.31. The highest BCUT2D eigenvalue weighted by atomic mass is 32.2. The number of halogens is 1. The molecule has 0 aliphatic rings. The molecular formula is C8H10FNOS. The second kappa shape index (κ2) is 3.23. The van der Waals surface area contributed by atoms with Crippen LogP contribution < -0.4 is 0 Å². The lowest BCUT2D eigenvalue weighted by molar-refractivity contribution is 0.626. The number of hydrogen-bond donors (Lipinski definition) is 1. The fraction of sp³-hybridized carbons (Fsp3) is 0.250. The van der Waals surface area contributed by atoms with Gasteiger partial charge in [-0.15, -0.1) is 0 Å². The molecule has 4 heteroatoms. The van der Waals surface area contributed by atoms with Crippen molar-refractivity contribution in [3.63, 3.8) is 0 Å². The largest absolute Gasteiger partial charge is 0.249 e. The predicted octanol–water partition coefficient (Wildman–Crippen LogP) is 2.25. The van der Waals surface area contributed by atoms with E-state index in [-0.39, 0.29) is 11.6 Å². The average molecular weight is 187 g/mol. The van der Waals surface area contributed by atoms with Crippen LogP contribution in [0.1, 0.15) is 6.92 Å². The van der Waals surface area contributed by atoms with Crippen LogP contribution in [0.25, 0.3) is 0 Å². The Morgan fingerprint density at radius 1 is 1.42 bits per heavy atom. The van der Waals surface area contributed by atoms with E-state index in [1.807, 2.05) is 0 Å². The lowest BCUT2D eigenvalue weighted by Gasteiger charge is -2.02. The van der Waals surface area contributed by atoms with E-state index in [1.54, 1.807) is 6.92 Å². The summed E-state index contributed by atoms with van der Waals surface area (Å²) < 4.78 is 31.2. The molecule has 1 aromatic rings. The van der Waals surface area contributed by atoms with Crippen LogP contribution in [0.5, 0.6) is 0 Å². The van der Waals surface area contributed by atoms with Gasteiger partial charge in [0.05, 0.1) is 9.73 Å². The third kappa shape index (κ3) is 1.82. The van der Waals surface area contributed by atoms with Gasteiger partial charge in [0.25, 0.3) is 0 Å². The maximum Gasteiger partial charge on any atom is 0.123 e. The quantitative estimate of drug-likeness (QED) is 0.758. The molecule has 0 heterocycles. The normalized spacial score (nSPS) is 15.5. The van der Waals surface area contributed by atoms with Gasteiger partial charge in [-0.25, -0.2) is 13.4 Å². The molecule has 2 nitrogen and oxygen atoms in total. The minimum Gasteiger partial charge on any atom is -0.249 e. The highest BCUT2D eigenvalue weighted by Gasteiger charge is 2.05. The van der Waals surface area contributed by atoms with Crippen molar-refractivity contribution in [2.45, 2.75) is 11.8 Å². The van der Waals surface area contributed by atoms with Crippen molar-refractivity contribution >= 4 is 9.73 Å². The highest BCUT2D eigenvalue weighted by Crippen LogP contribution is 2.11. The first-order chi connectivity index (χ1) is 5.56. The molecule has 1 unspecified atom stereocenters. The van der Waals surface area contributed by atoms with Crippen molar-refractivity contribution in [1.29, 1.82) is 4.78 Å². The molecule has 0 amide bonds. The number of rotatable bonds is 2. The molecule has 0 bridgehead atoms. The Kier molecular flexibility index (Phi) is 2.47. The fourth-order valence-corrected chi connectivity index (χ4v) is 1.73. The minimum absolute atomic E-state index is 0.263. The van der Waals surface area contributed by atoms with E-state index in [0.717, 1.165) is 0 Å². The van der Waals surface area contributed by atoms with Crippen LogP contribution >= 0.6 is 0 Å². The molecule has 0 radical (unpaired) electrons. The maximum absolute atomic E-state index is 12.4. The van der Waals surface area contributed by atoms with Crippen molar-refractivity contribution in [3.8, 4) is 0 Å². The monoisotopic (exact) mass is 187 g/mol. The summed E-state index contributed by atoms with van der Waals surface area (Å²) in [6, 6.07) is 5.24. The second-order valence-corrected chi connectivity index (χ2v) is 4.82. The first kappa shape index (κ1) is 9.19. The van der Waals surface area contributed by atoms with Crippen LogP contribution in [0.4, 0.5) is 4.39 Å². The van der Waals surface area contributed by atoms with Gasteiger partial charge >= 0.3 is 0 Å². The summed E-state index contributed by atoms with van der Waals surface area (Å²) >= 11 is 0. The van der Waals surface area contributed by atoms with Crippen LogP contribution in [0.15, 0.2) is 29.2 Å². The third-order valence-corrected chi connectivity index (χ3v) is 3.45. The van der Waals surface area contributed by atoms with E-state index in [4.69, 9.17) is 4.78 Å². The van der Waals surface area contributed by atoms with Crippen LogP contribution in [0, 0.1) is 10.6 Å². The molecular weight excluding hydrogens is 177 g/mol. The zero-order valence-electron chi connectivity index (χ0n) is 6.71. The van der Waals surface area contributed by atoms with Crippen LogP contribution in [-0.2, 0) is 9.73 Å². The second-order valence-electron chi connectivity index (χ2n) is 2.42. The molecule has 1 aromatic carbocycles. The average Bonchev–Trinajstić information content (AvgIpc) is 2.05. The maximum atomic E-state index is 12.4. The summed E-state index contributed by atoms with van der Waals surface area (Å²) in [5.41, 5.74) is 0. The summed E-state index contributed by atoms with van der Waals surface area (Å²) in [5.74, 6) is -0.108. The van der Waals surface area contributed by atoms with E-state index in [0.29, 0.717) is 4.90 Å². The Bertz CT molecular complexity index is 355. The van der Waals surface area contributed by atoms with Gasteiger partial charge in [-0.05, 0) is 24.3 Å². The van der Waals surface area contributed by atoms with Crippen molar-refractivity contribution < 1.29 is 8.60 Å². The van der Waals surface area contributed by atoms with Gasteiger partial charge in [-0.1, -0.05) is 6.92 Å². The molecule has 12 heavy (non-hydrogen) atoms. The Hall–Kier alpha value is -0.900. The summed E-state index contributed by atoms with van der Waals surface area (Å²) in [6.45, 7) is 1.68. The van der Waals surface area contributed by atoms with E-state index >= 15 is 0 Å². The van der Waals surface area contributed by atoms with Crippen LogP contribution in [0.3, 0.4) is 0 Å². The van der Waals surface area contributed by atoms with Crippen molar-refractivity contribution in [1.82, 2.24) is 0 Å². The standard InChI is InChI=1S/C8H10FNOS/c1-2-12(10,11)8-5-3-7(9)4-6-8/h3-6,10H,2H2,1H3. The van der Waals surface area contributed by atoms with Gasteiger partial charge in [0, 0.05) is 10.6 Å². The molecule has 0 saturated carbocycles. The summed E-state index contributed by atoms with van der Waals surface area (Å²) in [4.78, 5) is 0.395. The molecule has 0 aliphatic carbocycles. The molecule has 0 fully saturated rings. The Morgan fingerprint density at radius 2 is 1.92 bits per heavy atom. The topological polar surface area (TPSA) is 40.9 Å². The highest BCUT2D eigenvalue weighted by molar-refractivity contribution is 7.92.